The molecule has 2 aromatic carbocycles. The van der Waals surface area contributed by atoms with Crippen molar-refractivity contribution in [3.63, 3.8) is 0 Å². The maximum atomic E-state index is 12.2. The van der Waals surface area contributed by atoms with E-state index in [0.717, 1.165) is 11.3 Å². The Kier molecular flexibility index (Phi) is 5.54. The predicted octanol–water partition coefficient (Wildman–Crippen LogP) is 4.27. The molecule has 0 aliphatic rings. The van der Waals surface area contributed by atoms with Crippen molar-refractivity contribution in [1.82, 2.24) is 5.32 Å². The fourth-order valence-electron chi connectivity index (χ4n) is 1.88. The number of hydrogen-bond acceptors (Lipinski definition) is 3. The number of hydrogen-bond donors (Lipinski definition) is 2. The Morgan fingerprint density at radius 2 is 1.65 bits per heavy atom. The first kappa shape index (κ1) is 17.2. The smallest absolute Gasteiger partial charge is 0.388 e. The van der Waals surface area contributed by atoms with Gasteiger partial charge in [-0.25, -0.2) is 0 Å². The Labute approximate surface area is 136 Å². The Balaban J connectivity index is 1.92. The minimum atomic E-state index is -4.33. The van der Waals surface area contributed by atoms with Crippen LogP contribution in [-0.4, -0.2) is 18.5 Å². The molecule has 122 valence electrons. The van der Waals surface area contributed by atoms with Crippen molar-refractivity contribution in [3.8, 4) is 0 Å². The number of halogens is 3. The van der Waals surface area contributed by atoms with Gasteiger partial charge in [0.2, 0.25) is 0 Å². The number of amides is 1. The van der Waals surface area contributed by atoms with Crippen LogP contribution < -0.4 is 10.6 Å². The van der Waals surface area contributed by atoms with Gasteiger partial charge in [-0.05, 0) is 53.7 Å². The molecule has 0 spiro atoms. The van der Waals surface area contributed by atoms with Crippen LogP contribution in [0, 0.1) is 0 Å². The molecule has 0 radical (unpaired) electrons. The van der Waals surface area contributed by atoms with Crippen LogP contribution in [0.25, 0.3) is 0 Å². The van der Waals surface area contributed by atoms with Crippen molar-refractivity contribution in [2.24, 2.45) is 0 Å². The Morgan fingerprint density at radius 3 is 2.17 bits per heavy atom. The molecule has 0 bridgehead atoms. The molecule has 0 fully saturated rings. The maximum Gasteiger partial charge on any atom is 0.446 e. The monoisotopic (exact) mass is 340 g/mol. The van der Waals surface area contributed by atoms with Crippen LogP contribution in [-0.2, 0) is 6.54 Å². The van der Waals surface area contributed by atoms with Crippen molar-refractivity contribution in [2.75, 3.05) is 12.4 Å². The van der Waals surface area contributed by atoms with Gasteiger partial charge in [0.25, 0.3) is 5.91 Å². The fraction of sp³-hybridized carbons (Fsp3) is 0.188. The summed E-state index contributed by atoms with van der Waals surface area (Å²) in [6, 6.07) is 12.9. The standard InChI is InChI=1S/C16H15F3N2OS/c1-20-13-6-2-11(3-7-13)10-21-15(22)12-4-8-14(9-5-12)23-16(17,18)19/h2-9,20H,10H2,1H3,(H,21,22). The van der Waals surface area contributed by atoms with Crippen LogP contribution in [0.4, 0.5) is 18.9 Å². The number of anilines is 1. The molecule has 0 saturated carbocycles. The van der Waals surface area contributed by atoms with Crippen molar-refractivity contribution in [3.05, 3.63) is 59.7 Å². The lowest BCUT2D eigenvalue weighted by atomic mass is 10.2. The van der Waals surface area contributed by atoms with E-state index in [-0.39, 0.29) is 22.6 Å². The molecule has 23 heavy (non-hydrogen) atoms. The minimum absolute atomic E-state index is 0.0525. The number of thioether (sulfide) groups is 1. The lowest BCUT2D eigenvalue weighted by molar-refractivity contribution is -0.0328. The van der Waals surface area contributed by atoms with Crippen molar-refractivity contribution < 1.29 is 18.0 Å². The number of alkyl halides is 3. The summed E-state index contributed by atoms with van der Waals surface area (Å²) in [6.07, 6.45) is 0. The van der Waals surface area contributed by atoms with Crippen molar-refractivity contribution in [2.45, 2.75) is 16.9 Å². The van der Waals surface area contributed by atoms with Gasteiger partial charge in [0, 0.05) is 29.7 Å². The van der Waals surface area contributed by atoms with E-state index < -0.39 is 5.51 Å². The van der Waals surface area contributed by atoms with Crippen LogP contribution >= 0.6 is 11.8 Å². The average molecular weight is 340 g/mol. The van der Waals surface area contributed by atoms with Gasteiger partial charge in [0.15, 0.2) is 0 Å². The summed E-state index contributed by atoms with van der Waals surface area (Å²) in [5.41, 5.74) is -2.11. The van der Waals surface area contributed by atoms with E-state index in [0.29, 0.717) is 12.1 Å². The quantitative estimate of drug-likeness (QED) is 0.799. The largest absolute Gasteiger partial charge is 0.446 e. The van der Waals surface area contributed by atoms with E-state index in [4.69, 9.17) is 0 Å². The number of carbonyl (C=O) groups excluding carboxylic acids is 1. The third-order valence-corrected chi connectivity index (χ3v) is 3.79. The summed E-state index contributed by atoms with van der Waals surface area (Å²) in [6.45, 7) is 0.349. The Hall–Kier alpha value is -2.15. The number of rotatable bonds is 5. The average Bonchev–Trinajstić information content (AvgIpc) is 2.52. The third kappa shape index (κ3) is 5.52. The zero-order valence-electron chi connectivity index (χ0n) is 12.3. The molecular formula is C16H15F3N2OS. The summed E-state index contributed by atoms with van der Waals surface area (Å²) in [5, 5.41) is 5.73. The second-order valence-corrected chi connectivity index (χ2v) is 5.84. The first-order valence-corrected chi connectivity index (χ1v) is 7.60. The zero-order chi connectivity index (χ0) is 16.9. The van der Waals surface area contributed by atoms with Crippen LogP contribution in [0.2, 0.25) is 0 Å². The first-order valence-electron chi connectivity index (χ1n) is 6.78. The highest BCUT2D eigenvalue weighted by atomic mass is 32.2. The van der Waals surface area contributed by atoms with Crippen LogP contribution in [0.1, 0.15) is 15.9 Å². The number of benzene rings is 2. The van der Waals surface area contributed by atoms with E-state index in [1.807, 2.05) is 31.3 Å². The Bertz CT molecular complexity index is 655. The first-order chi connectivity index (χ1) is 10.9. The normalized spacial score (nSPS) is 11.1. The lowest BCUT2D eigenvalue weighted by Crippen LogP contribution is -2.22. The molecule has 7 heteroatoms. The second kappa shape index (κ2) is 7.41. The van der Waals surface area contributed by atoms with Gasteiger partial charge in [-0.15, -0.1) is 0 Å². The molecule has 0 aromatic heterocycles. The third-order valence-electron chi connectivity index (χ3n) is 3.05. The molecule has 2 aromatic rings. The molecule has 0 atom stereocenters. The van der Waals surface area contributed by atoms with E-state index in [1.54, 1.807) is 0 Å². The van der Waals surface area contributed by atoms with E-state index in [1.165, 1.54) is 24.3 Å². The lowest BCUT2D eigenvalue weighted by Gasteiger charge is -2.08. The van der Waals surface area contributed by atoms with Gasteiger partial charge in [-0.1, -0.05) is 12.1 Å². The van der Waals surface area contributed by atoms with Gasteiger partial charge in [-0.3, -0.25) is 4.79 Å². The number of carbonyl (C=O) groups is 1. The van der Waals surface area contributed by atoms with Crippen LogP contribution in [0.3, 0.4) is 0 Å². The van der Waals surface area contributed by atoms with Crippen molar-refractivity contribution in [1.29, 1.82) is 0 Å². The predicted molar refractivity (Wildman–Crippen MR) is 85.5 cm³/mol. The van der Waals surface area contributed by atoms with Gasteiger partial charge in [0.05, 0.1) is 0 Å². The van der Waals surface area contributed by atoms with Gasteiger partial charge in [-0.2, -0.15) is 13.2 Å². The Morgan fingerprint density at radius 1 is 1.04 bits per heavy atom. The molecule has 0 unspecified atom stereocenters. The van der Waals surface area contributed by atoms with E-state index >= 15 is 0 Å². The second-order valence-electron chi connectivity index (χ2n) is 4.70. The SMILES string of the molecule is CNc1ccc(CNC(=O)c2ccc(SC(F)(F)F)cc2)cc1. The van der Waals surface area contributed by atoms with Crippen molar-refractivity contribution >= 4 is 23.4 Å². The summed E-state index contributed by atoms with van der Waals surface area (Å²) in [5.74, 6) is -0.328. The molecule has 1 amide bonds. The highest BCUT2D eigenvalue weighted by Gasteiger charge is 2.29. The minimum Gasteiger partial charge on any atom is -0.388 e. The zero-order valence-corrected chi connectivity index (χ0v) is 13.1. The van der Waals surface area contributed by atoms with Crippen LogP contribution in [0.15, 0.2) is 53.4 Å². The van der Waals surface area contributed by atoms with Crippen LogP contribution in [0.5, 0.6) is 0 Å². The molecule has 0 saturated heterocycles. The molecule has 0 aliphatic carbocycles. The summed E-state index contributed by atoms with van der Waals surface area (Å²) in [4.78, 5) is 12.0. The maximum absolute atomic E-state index is 12.2. The molecular weight excluding hydrogens is 325 g/mol. The van der Waals surface area contributed by atoms with E-state index in [9.17, 15) is 18.0 Å². The molecule has 2 rings (SSSR count). The highest BCUT2D eigenvalue weighted by molar-refractivity contribution is 8.00. The van der Waals surface area contributed by atoms with Gasteiger partial charge in [0.1, 0.15) is 0 Å². The molecule has 3 nitrogen and oxygen atoms in total. The summed E-state index contributed by atoms with van der Waals surface area (Å²) >= 11 is -0.203. The molecule has 0 aliphatic heterocycles. The topological polar surface area (TPSA) is 41.1 Å². The fourth-order valence-corrected chi connectivity index (χ4v) is 2.42. The molecule has 2 N–H and O–H groups in total. The molecule has 0 heterocycles. The van der Waals surface area contributed by atoms with E-state index in [2.05, 4.69) is 10.6 Å². The highest BCUT2D eigenvalue weighted by Crippen LogP contribution is 2.36. The van der Waals surface area contributed by atoms with Gasteiger partial charge < -0.3 is 10.6 Å². The summed E-state index contributed by atoms with van der Waals surface area (Å²) in [7, 11) is 1.82. The number of nitrogens with one attached hydrogen (secondary N) is 2. The van der Waals surface area contributed by atoms with Gasteiger partial charge >= 0.3 is 5.51 Å². The summed E-state index contributed by atoms with van der Waals surface area (Å²) < 4.78 is 36.7.